The van der Waals surface area contributed by atoms with Gasteiger partial charge in [-0.25, -0.2) is 0 Å². The number of hydrogen-bond acceptors (Lipinski definition) is 2. The van der Waals surface area contributed by atoms with Gasteiger partial charge in [-0.3, -0.25) is 14.3 Å². The molecule has 0 aliphatic heterocycles. The van der Waals surface area contributed by atoms with Gasteiger partial charge in [0.05, 0.1) is 11.9 Å². The molecule has 3 nitrogen and oxygen atoms in total. The molecule has 0 saturated heterocycles. The van der Waals surface area contributed by atoms with Crippen LogP contribution in [0.4, 0.5) is 0 Å². The van der Waals surface area contributed by atoms with Crippen molar-refractivity contribution in [1.29, 1.82) is 0 Å². The van der Waals surface area contributed by atoms with Gasteiger partial charge in [0.15, 0.2) is 0 Å². The molecule has 0 bridgehead atoms. The van der Waals surface area contributed by atoms with Gasteiger partial charge in [0.1, 0.15) is 0 Å². The Bertz CT molecular complexity index is 507. The predicted molar refractivity (Wildman–Crippen MR) is 62.5 cm³/mol. The molecule has 0 spiro atoms. The lowest BCUT2D eigenvalue weighted by Gasteiger charge is -2.04. The normalized spacial score (nSPS) is 10.2. The molecule has 0 fully saturated rings. The Balaban J connectivity index is 2.51. The van der Waals surface area contributed by atoms with Crippen molar-refractivity contribution in [3.8, 4) is 5.69 Å². The van der Waals surface area contributed by atoms with E-state index in [0.717, 1.165) is 11.3 Å². The van der Waals surface area contributed by atoms with E-state index in [4.69, 9.17) is 0 Å². The zero-order valence-corrected chi connectivity index (χ0v) is 9.52. The highest BCUT2D eigenvalue weighted by molar-refractivity contribution is 9.08. The minimum Gasteiger partial charge on any atom is -0.283 e. The molecule has 0 amide bonds. The third-order valence-corrected chi connectivity index (χ3v) is 2.71. The maximum Gasteiger partial charge on any atom is 0.255 e. The molecule has 0 radical (unpaired) electrons. The Kier molecular flexibility index (Phi) is 2.97. The van der Waals surface area contributed by atoms with Gasteiger partial charge in [-0.1, -0.05) is 15.9 Å². The lowest BCUT2D eigenvalue weighted by atomic mass is 10.3. The number of nitrogens with zero attached hydrogens (tertiary/aromatic N) is 2. The van der Waals surface area contributed by atoms with Gasteiger partial charge in [-0.15, -0.1) is 0 Å². The number of halogens is 1. The van der Waals surface area contributed by atoms with Crippen LogP contribution in [0.15, 0.2) is 47.7 Å². The van der Waals surface area contributed by atoms with Crippen LogP contribution < -0.4 is 5.56 Å². The summed E-state index contributed by atoms with van der Waals surface area (Å²) in [6.45, 7) is 0. The maximum absolute atomic E-state index is 11.7. The molecule has 15 heavy (non-hydrogen) atoms. The van der Waals surface area contributed by atoms with E-state index in [1.807, 2.05) is 12.1 Å². The zero-order chi connectivity index (χ0) is 10.7. The predicted octanol–water partition coefficient (Wildman–Crippen LogP) is 2.13. The molecule has 0 atom stereocenters. The van der Waals surface area contributed by atoms with Gasteiger partial charge < -0.3 is 0 Å². The number of pyridine rings is 2. The number of hydrogen-bond donors (Lipinski definition) is 0. The number of rotatable bonds is 2. The molecule has 0 aliphatic rings. The molecule has 0 aromatic carbocycles. The van der Waals surface area contributed by atoms with E-state index in [1.54, 1.807) is 35.3 Å². The lowest BCUT2D eigenvalue weighted by Crippen LogP contribution is -2.16. The van der Waals surface area contributed by atoms with Crippen LogP contribution >= 0.6 is 15.9 Å². The summed E-state index contributed by atoms with van der Waals surface area (Å²) in [5, 5.41) is 0.691. The van der Waals surface area contributed by atoms with E-state index >= 15 is 0 Å². The fraction of sp³-hybridized carbons (Fsp3) is 0.0909. The quantitative estimate of drug-likeness (QED) is 0.779. The van der Waals surface area contributed by atoms with E-state index < -0.39 is 0 Å². The minimum absolute atomic E-state index is 0.0417. The SMILES string of the molecule is O=c1cc(CBr)ccn1-c1cccnc1. The molecule has 2 rings (SSSR count). The summed E-state index contributed by atoms with van der Waals surface area (Å²) >= 11 is 3.31. The fourth-order valence-corrected chi connectivity index (χ4v) is 1.66. The Morgan fingerprint density at radius 3 is 2.87 bits per heavy atom. The van der Waals surface area contributed by atoms with Crippen molar-refractivity contribution in [2.45, 2.75) is 5.33 Å². The fourth-order valence-electron chi connectivity index (χ4n) is 1.31. The Morgan fingerprint density at radius 1 is 1.40 bits per heavy atom. The van der Waals surface area contributed by atoms with Gasteiger partial charge in [0.2, 0.25) is 0 Å². The minimum atomic E-state index is -0.0417. The first-order chi connectivity index (χ1) is 7.31. The third-order valence-electron chi connectivity index (χ3n) is 2.06. The molecule has 0 N–H and O–H groups in total. The van der Waals surface area contributed by atoms with E-state index in [-0.39, 0.29) is 5.56 Å². The van der Waals surface area contributed by atoms with Crippen molar-refractivity contribution in [3.05, 3.63) is 58.8 Å². The van der Waals surface area contributed by atoms with Gasteiger partial charge in [0, 0.05) is 23.8 Å². The first-order valence-electron chi connectivity index (χ1n) is 4.49. The molecule has 0 unspecified atom stereocenters. The zero-order valence-electron chi connectivity index (χ0n) is 7.93. The lowest BCUT2D eigenvalue weighted by molar-refractivity contribution is 0.970. The molecular formula is C11H9BrN2O. The molecular weight excluding hydrogens is 256 g/mol. The van der Waals surface area contributed by atoms with Crippen LogP contribution in [0.1, 0.15) is 5.56 Å². The Labute approximate surface area is 95.5 Å². The summed E-state index contributed by atoms with van der Waals surface area (Å²) in [5.41, 5.74) is 1.71. The first-order valence-corrected chi connectivity index (χ1v) is 5.61. The van der Waals surface area contributed by atoms with Gasteiger partial charge in [0.25, 0.3) is 5.56 Å². The average Bonchev–Trinajstić information content (AvgIpc) is 2.30. The topological polar surface area (TPSA) is 34.9 Å². The third kappa shape index (κ3) is 2.15. The monoisotopic (exact) mass is 264 g/mol. The van der Waals surface area contributed by atoms with E-state index in [1.165, 1.54) is 0 Å². The Morgan fingerprint density at radius 2 is 2.27 bits per heavy atom. The summed E-state index contributed by atoms with van der Waals surface area (Å²) in [4.78, 5) is 15.7. The number of alkyl halides is 1. The van der Waals surface area contributed by atoms with Crippen LogP contribution in [0.3, 0.4) is 0 Å². The summed E-state index contributed by atoms with van der Waals surface area (Å²) in [5.74, 6) is 0. The van der Waals surface area contributed by atoms with Crippen molar-refractivity contribution in [2.75, 3.05) is 0 Å². The van der Waals surface area contributed by atoms with Crippen molar-refractivity contribution in [1.82, 2.24) is 9.55 Å². The van der Waals surface area contributed by atoms with Crippen LogP contribution in [-0.2, 0) is 5.33 Å². The van der Waals surface area contributed by atoms with Gasteiger partial charge in [-0.05, 0) is 23.8 Å². The molecule has 76 valence electrons. The largest absolute Gasteiger partial charge is 0.283 e. The maximum atomic E-state index is 11.7. The molecule has 0 saturated carbocycles. The highest BCUT2D eigenvalue weighted by Crippen LogP contribution is 2.05. The van der Waals surface area contributed by atoms with E-state index in [9.17, 15) is 4.79 Å². The second-order valence-corrected chi connectivity index (χ2v) is 3.65. The summed E-state index contributed by atoms with van der Waals surface area (Å²) in [6, 6.07) is 7.17. The second kappa shape index (κ2) is 4.40. The summed E-state index contributed by atoms with van der Waals surface area (Å²) in [6.07, 6.45) is 5.10. The second-order valence-electron chi connectivity index (χ2n) is 3.09. The van der Waals surface area contributed by atoms with Crippen molar-refractivity contribution in [2.24, 2.45) is 0 Å². The smallest absolute Gasteiger partial charge is 0.255 e. The molecule has 4 heteroatoms. The van der Waals surface area contributed by atoms with E-state index in [2.05, 4.69) is 20.9 Å². The van der Waals surface area contributed by atoms with Crippen LogP contribution in [-0.4, -0.2) is 9.55 Å². The van der Waals surface area contributed by atoms with Crippen LogP contribution in [0.5, 0.6) is 0 Å². The standard InChI is InChI=1S/C11H9BrN2O/c12-7-9-3-5-14(11(15)6-9)10-2-1-4-13-8-10/h1-6,8H,7H2. The van der Waals surface area contributed by atoms with Gasteiger partial charge >= 0.3 is 0 Å². The van der Waals surface area contributed by atoms with E-state index in [0.29, 0.717) is 5.33 Å². The van der Waals surface area contributed by atoms with Crippen molar-refractivity contribution in [3.63, 3.8) is 0 Å². The molecule has 0 aliphatic carbocycles. The van der Waals surface area contributed by atoms with Gasteiger partial charge in [-0.2, -0.15) is 0 Å². The molecule has 2 aromatic heterocycles. The van der Waals surface area contributed by atoms with Crippen LogP contribution in [0.2, 0.25) is 0 Å². The van der Waals surface area contributed by atoms with Crippen LogP contribution in [0.25, 0.3) is 5.69 Å². The average molecular weight is 265 g/mol. The molecule has 2 heterocycles. The van der Waals surface area contributed by atoms with Crippen LogP contribution in [0, 0.1) is 0 Å². The summed E-state index contributed by atoms with van der Waals surface area (Å²) in [7, 11) is 0. The highest BCUT2D eigenvalue weighted by Gasteiger charge is 1.99. The van der Waals surface area contributed by atoms with Crippen molar-refractivity contribution >= 4 is 15.9 Å². The first kappa shape index (κ1) is 10.1. The summed E-state index contributed by atoms with van der Waals surface area (Å²) < 4.78 is 1.57. The molecule has 2 aromatic rings. The highest BCUT2D eigenvalue weighted by atomic mass is 79.9. The van der Waals surface area contributed by atoms with Crippen molar-refractivity contribution < 1.29 is 0 Å². The number of aromatic nitrogens is 2. The Hall–Kier alpha value is -1.42.